The van der Waals surface area contributed by atoms with Crippen molar-refractivity contribution in [1.82, 2.24) is 30.0 Å². The quantitative estimate of drug-likeness (QED) is 0.490. The Bertz CT molecular complexity index is 1310. The van der Waals surface area contributed by atoms with Crippen molar-refractivity contribution < 1.29 is 4.79 Å². The predicted molar refractivity (Wildman–Crippen MR) is 127 cm³/mol. The molecule has 0 atom stereocenters. The molecule has 1 amide bonds. The largest absolute Gasteiger partial charge is 0.321 e. The summed E-state index contributed by atoms with van der Waals surface area (Å²) >= 11 is 0. The fourth-order valence-electron chi connectivity index (χ4n) is 4.00. The first-order valence-corrected chi connectivity index (χ1v) is 11.0. The molecule has 8 heteroatoms. The van der Waals surface area contributed by atoms with E-state index in [1.54, 1.807) is 18.6 Å². The van der Waals surface area contributed by atoms with Gasteiger partial charge >= 0.3 is 0 Å². The highest BCUT2D eigenvalue weighted by Crippen LogP contribution is 2.25. The molecule has 0 saturated heterocycles. The minimum absolute atomic E-state index is 0.231. The summed E-state index contributed by atoms with van der Waals surface area (Å²) in [5, 5.41) is 14.6. The summed E-state index contributed by atoms with van der Waals surface area (Å²) < 4.78 is 1.99. The van der Waals surface area contributed by atoms with Crippen LogP contribution in [-0.4, -0.2) is 37.2 Å². The summed E-state index contributed by atoms with van der Waals surface area (Å²) in [4.78, 5) is 21.9. The minimum Gasteiger partial charge on any atom is -0.321 e. The first-order chi connectivity index (χ1) is 16.1. The Morgan fingerprint density at radius 2 is 2.00 bits per heavy atom. The molecule has 3 aromatic heterocycles. The van der Waals surface area contributed by atoms with Crippen LogP contribution in [0.15, 0.2) is 61.2 Å². The highest BCUT2D eigenvalue weighted by atomic mass is 16.1. The van der Waals surface area contributed by atoms with Gasteiger partial charge < -0.3 is 15.2 Å². The zero-order chi connectivity index (χ0) is 22.8. The number of carbonyl (C=O) groups excluding carboxylic acids is 1. The lowest BCUT2D eigenvalue weighted by atomic mass is 10.0. The molecular weight excluding hydrogens is 414 g/mol. The molecule has 8 nitrogen and oxygen atoms in total. The van der Waals surface area contributed by atoms with Crippen molar-refractivity contribution in [2.75, 3.05) is 11.9 Å². The van der Waals surface area contributed by atoms with Crippen molar-refractivity contribution >= 4 is 11.6 Å². The Balaban J connectivity index is 1.37. The normalized spacial score (nSPS) is 13.1. The average Bonchev–Trinajstić information content (AvgIpc) is 3.35. The lowest BCUT2D eigenvalue weighted by molar-refractivity contribution is 0.102. The van der Waals surface area contributed by atoms with Gasteiger partial charge in [0.25, 0.3) is 5.91 Å². The Labute approximate surface area is 192 Å². The standard InChI is InChI=1S/C25H25N7O/c1-16(2)32-15-29-31-24(32)18-4-3-5-21(11-18)30-25(33)23-12-17(6-9-27-23)19-10-20-13-26-8-7-22(20)28-14-19/h3-6,9-12,14-16,26H,7-8,13H2,1-2H3,(H,30,33). The first kappa shape index (κ1) is 21.0. The summed E-state index contributed by atoms with van der Waals surface area (Å²) in [6.07, 6.45) is 6.18. The Morgan fingerprint density at radius 1 is 1.09 bits per heavy atom. The SMILES string of the molecule is CC(C)n1cnnc1-c1cccc(NC(=O)c2cc(-c3cnc4c(c3)CNCC4)ccn2)c1. The van der Waals surface area contributed by atoms with Gasteiger partial charge in [0.2, 0.25) is 0 Å². The van der Waals surface area contributed by atoms with Crippen LogP contribution in [-0.2, 0) is 13.0 Å². The van der Waals surface area contributed by atoms with Crippen LogP contribution < -0.4 is 10.6 Å². The van der Waals surface area contributed by atoms with E-state index in [2.05, 4.69) is 50.7 Å². The van der Waals surface area contributed by atoms with Gasteiger partial charge in [0.1, 0.15) is 12.0 Å². The van der Waals surface area contributed by atoms with E-state index in [0.717, 1.165) is 47.7 Å². The second kappa shape index (κ2) is 8.91. The number of fused-ring (bicyclic) bond motifs is 1. The van der Waals surface area contributed by atoms with E-state index in [9.17, 15) is 4.79 Å². The van der Waals surface area contributed by atoms with Gasteiger partial charge in [-0.1, -0.05) is 12.1 Å². The number of anilines is 1. The van der Waals surface area contributed by atoms with Crippen molar-refractivity contribution in [3.8, 4) is 22.5 Å². The summed E-state index contributed by atoms with van der Waals surface area (Å²) in [6.45, 7) is 5.92. The van der Waals surface area contributed by atoms with Crippen LogP contribution in [0.2, 0.25) is 0 Å². The van der Waals surface area contributed by atoms with Crippen LogP contribution in [0.5, 0.6) is 0 Å². The van der Waals surface area contributed by atoms with E-state index in [-0.39, 0.29) is 11.9 Å². The zero-order valence-electron chi connectivity index (χ0n) is 18.6. The summed E-state index contributed by atoms with van der Waals surface area (Å²) in [7, 11) is 0. The molecule has 1 aromatic carbocycles. The monoisotopic (exact) mass is 439 g/mol. The van der Waals surface area contributed by atoms with Crippen molar-refractivity contribution in [2.45, 2.75) is 32.9 Å². The maximum absolute atomic E-state index is 13.0. The van der Waals surface area contributed by atoms with Crippen LogP contribution in [0.4, 0.5) is 5.69 Å². The van der Waals surface area contributed by atoms with Crippen LogP contribution in [0.1, 0.15) is 41.6 Å². The zero-order valence-corrected chi connectivity index (χ0v) is 18.6. The van der Waals surface area contributed by atoms with E-state index >= 15 is 0 Å². The number of benzene rings is 1. The molecule has 1 aliphatic heterocycles. The van der Waals surface area contributed by atoms with Crippen molar-refractivity contribution in [2.24, 2.45) is 0 Å². The Kier molecular flexibility index (Phi) is 5.66. The number of carbonyl (C=O) groups is 1. The van der Waals surface area contributed by atoms with Crippen LogP contribution in [0, 0.1) is 0 Å². The molecule has 0 fully saturated rings. The third kappa shape index (κ3) is 4.38. The second-order valence-corrected chi connectivity index (χ2v) is 8.38. The summed E-state index contributed by atoms with van der Waals surface area (Å²) in [5.74, 6) is 0.488. The number of nitrogens with zero attached hydrogens (tertiary/aromatic N) is 5. The molecule has 166 valence electrons. The van der Waals surface area contributed by atoms with Gasteiger partial charge in [-0.15, -0.1) is 10.2 Å². The molecule has 0 radical (unpaired) electrons. The molecule has 0 unspecified atom stereocenters. The molecule has 2 N–H and O–H groups in total. The number of nitrogens with one attached hydrogen (secondary N) is 2. The molecule has 33 heavy (non-hydrogen) atoms. The van der Waals surface area contributed by atoms with E-state index in [0.29, 0.717) is 11.4 Å². The number of aromatic nitrogens is 5. The lowest BCUT2D eigenvalue weighted by Gasteiger charge is -2.17. The third-order valence-electron chi connectivity index (χ3n) is 5.75. The highest BCUT2D eigenvalue weighted by Gasteiger charge is 2.15. The molecule has 5 rings (SSSR count). The third-order valence-corrected chi connectivity index (χ3v) is 5.75. The van der Waals surface area contributed by atoms with Crippen molar-refractivity contribution in [1.29, 1.82) is 0 Å². The Morgan fingerprint density at radius 3 is 2.88 bits per heavy atom. The fraction of sp³-hybridized carbons (Fsp3) is 0.240. The highest BCUT2D eigenvalue weighted by molar-refractivity contribution is 6.03. The predicted octanol–water partition coefficient (Wildman–Crippen LogP) is 3.88. The van der Waals surface area contributed by atoms with E-state index in [1.807, 2.05) is 41.1 Å². The van der Waals surface area contributed by atoms with Crippen LogP contribution in [0.25, 0.3) is 22.5 Å². The first-order valence-electron chi connectivity index (χ1n) is 11.0. The molecule has 0 aliphatic carbocycles. The average molecular weight is 440 g/mol. The van der Waals surface area contributed by atoms with E-state index < -0.39 is 0 Å². The molecule has 0 bridgehead atoms. The maximum atomic E-state index is 13.0. The number of hydrogen-bond acceptors (Lipinski definition) is 6. The molecular formula is C25H25N7O. The maximum Gasteiger partial charge on any atom is 0.274 e. The topological polar surface area (TPSA) is 97.6 Å². The summed E-state index contributed by atoms with van der Waals surface area (Å²) in [5.41, 5.74) is 6.13. The minimum atomic E-state index is -0.271. The van der Waals surface area contributed by atoms with Gasteiger partial charge in [0.15, 0.2) is 5.82 Å². The smallest absolute Gasteiger partial charge is 0.274 e. The van der Waals surface area contributed by atoms with E-state index in [4.69, 9.17) is 0 Å². The fourth-order valence-corrected chi connectivity index (χ4v) is 4.00. The van der Waals surface area contributed by atoms with Gasteiger partial charge in [-0.25, -0.2) is 0 Å². The molecule has 4 heterocycles. The van der Waals surface area contributed by atoms with Crippen molar-refractivity contribution in [3.63, 3.8) is 0 Å². The van der Waals surface area contributed by atoms with Crippen molar-refractivity contribution in [3.05, 3.63) is 78.1 Å². The van der Waals surface area contributed by atoms with E-state index in [1.165, 1.54) is 5.56 Å². The second-order valence-electron chi connectivity index (χ2n) is 8.38. The van der Waals surface area contributed by atoms with Crippen LogP contribution >= 0.6 is 0 Å². The number of rotatable bonds is 5. The molecule has 1 aliphatic rings. The number of pyridine rings is 2. The number of hydrogen-bond donors (Lipinski definition) is 2. The van der Waals surface area contributed by atoms with Gasteiger partial charge in [-0.2, -0.15) is 0 Å². The van der Waals surface area contributed by atoms with Gasteiger partial charge in [0.05, 0.1) is 0 Å². The number of amides is 1. The summed E-state index contributed by atoms with van der Waals surface area (Å²) in [6, 6.07) is 13.7. The van der Waals surface area contributed by atoms with Gasteiger partial charge in [-0.05, 0) is 55.3 Å². The Hall–Kier alpha value is -3.91. The van der Waals surface area contributed by atoms with Gasteiger partial charge in [-0.3, -0.25) is 14.8 Å². The lowest BCUT2D eigenvalue weighted by Crippen LogP contribution is -2.24. The van der Waals surface area contributed by atoms with Crippen LogP contribution in [0.3, 0.4) is 0 Å². The molecule has 4 aromatic rings. The van der Waals surface area contributed by atoms with Gasteiger partial charge in [0, 0.05) is 60.5 Å². The molecule has 0 saturated carbocycles. The molecule has 0 spiro atoms.